The quantitative estimate of drug-likeness (QED) is 0.532. The van der Waals surface area contributed by atoms with E-state index in [4.69, 9.17) is 9.84 Å². The number of allylic oxidation sites excluding steroid dienone is 2. The van der Waals surface area contributed by atoms with Crippen molar-refractivity contribution in [3.05, 3.63) is 23.7 Å². The minimum Gasteiger partial charge on any atom is -0.508 e. The maximum absolute atomic E-state index is 8.99. The van der Waals surface area contributed by atoms with Crippen molar-refractivity contribution in [3.8, 4) is 0 Å². The fourth-order valence-corrected chi connectivity index (χ4v) is 0.602. The molecule has 1 atom stereocenters. The summed E-state index contributed by atoms with van der Waals surface area (Å²) in [5, 5.41) is 8.99. The van der Waals surface area contributed by atoms with Gasteiger partial charge in [0, 0.05) is 6.08 Å². The Morgan fingerprint density at radius 1 is 1.78 bits per heavy atom. The van der Waals surface area contributed by atoms with Crippen LogP contribution < -0.4 is 0 Å². The van der Waals surface area contributed by atoms with Crippen LogP contribution in [0.5, 0.6) is 0 Å². The van der Waals surface area contributed by atoms with Crippen LogP contribution in [0.2, 0.25) is 0 Å². The van der Waals surface area contributed by atoms with E-state index >= 15 is 0 Å². The summed E-state index contributed by atoms with van der Waals surface area (Å²) in [6.07, 6.45) is 4.10. The van der Waals surface area contributed by atoms with Crippen molar-refractivity contribution in [2.45, 2.75) is 20.0 Å². The number of aliphatic hydroxyl groups excluding tert-OH is 1. The van der Waals surface area contributed by atoms with E-state index in [1.165, 1.54) is 0 Å². The van der Waals surface area contributed by atoms with Crippen LogP contribution in [0.4, 0.5) is 0 Å². The van der Waals surface area contributed by atoms with Gasteiger partial charge in [0.1, 0.15) is 5.76 Å². The number of hydrogen-bond donors (Lipinski definition) is 1. The first-order chi connectivity index (χ1) is 4.20. The molecule has 2 nitrogen and oxygen atoms in total. The van der Waals surface area contributed by atoms with Gasteiger partial charge < -0.3 is 9.84 Å². The minimum atomic E-state index is -0.228. The first-order valence-electron chi connectivity index (χ1n) is 2.85. The van der Waals surface area contributed by atoms with Crippen molar-refractivity contribution in [2.24, 2.45) is 0 Å². The molecule has 49 valence electrons. The molecule has 1 radical (unpaired) electrons. The third-order valence-corrected chi connectivity index (χ3v) is 1.16. The van der Waals surface area contributed by atoms with Gasteiger partial charge in [-0.2, -0.15) is 0 Å². The highest BCUT2D eigenvalue weighted by Gasteiger charge is 2.10. The molecule has 1 unspecified atom stereocenters. The lowest BCUT2D eigenvalue weighted by Gasteiger charge is -2.14. The zero-order chi connectivity index (χ0) is 6.85. The molecule has 1 aliphatic rings. The van der Waals surface area contributed by atoms with E-state index in [-0.39, 0.29) is 11.9 Å². The van der Waals surface area contributed by atoms with Gasteiger partial charge in [-0.1, -0.05) is 0 Å². The maximum atomic E-state index is 8.99. The molecule has 0 bridgehead atoms. The molecule has 0 aromatic rings. The van der Waals surface area contributed by atoms with E-state index in [9.17, 15) is 0 Å². The van der Waals surface area contributed by atoms with Crippen molar-refractivity contribution in [1.82, 2.24) is 0 Å². The van der Waals surface area contributed by atoms with Crippen molar-refractivity contribution >= 4 is 0 Å². The number of ether oxygens (including phenoxy) is 1. The third-order valence-electron chi connectivity index (χ3n) is 1.16. The molecule has 1 rings (SSSR count). The summed E-state index contributed by atoms with van der Waals surface area (Å²) in [4.78, 5) is 0. The van der Waals surface area contributed by atoms with Gasteiger partial charge in [0.2, 0.25) is 0 Å². The Morgan fingerprint density at radius 3 is 2.89 bits per heavy atom. The van der Waals surface area contributed by atoms with Gasteiger partial charge in [0.25, 0.3) is 0 Å². The molecule has 0 saturated carbocycles. The molecule has 0 saturated heterocycles. The normalized spacial score (nSPS) is 26.2. The SMILES string of the molecule is CC1=COC(C)C(O)=[C]1. The Balaban J connectivity index is 2.74. The summed E-state index contributed by atoms with van der Waals surface area (Å²) >= 11 is 0. The second kappa shape index (κ2) is 2.13. The van der Waals surface area contributed by atoms with Crippen LogP contribution in [0, 0.1) is 6.08 Å². The van der Waals surface area contributed by atoms with Gasteiger partial charge in [-0.05, 0) is 19.4 Å². The Morgan fingerprint density at radius 2 is 2.44 bits per heavy atom. The highest BCUT2D eigenvalue weighted by molar-refractivity contribution is 5.15. The van der Waals surface area contributed by atoms with E-state index in [1.807, 2.05) is 6.92 Å². The number of rotatable bonds is 0. The molecule has 2 heteroatoms. The van der Waals surface area contributed by atoms with Crippen LogP contribution in [0.15, 0.2) is 17.6 Å². The lowest BCUT2D eigenvalue weighted by Crippen LogP contribution is -2.11. The van der Waals surface area contributed by atoms with Gasteiger partial charge in [0.15, 0.2) is 6.10 Å². The molecule has 0 amide bonds. The predicted molar refractivity (Wildman–Crippen MR) is 33.7 cm³/mol. The van der Waals surface area contributed by atoms with Crippen molar-refractivity contribution in [1.29, 1.82) is 0 Å². The fourth-order valence-electron chi connectivity index (χ4n) is 0.602. The van der Waals surface area contributed by atoms with E-state index < -0.39 is 0 Å². The monoisotopic (exact) mass is 125 g/mol. The predicted octanol–water partition coefficient (Wildman–Crippen LogP) is 1.55. The van der Waals surface area contributed by atoms with Gasteiger partial charge >= 0.3 is 0 Å². The number of hydrogen-bond acceptors (Lipinski definition) is 2. The second-order valence-electron chi connectivity index (χ2n) is 2.09. The van der Waals surface area contributed by atoms with Crippen LogP contribution in [0.25, 0.3) is 0 Å². The first kappa shape index (κ1) is 6.20. The van der Waals surface area contributed by atoms with Gasteiger partial charge in [-0.3, -0.25) is 0 Å². The molecule has 0 fully saturated rings. The first-order valence-corrected chi connectivity index (χ1v) is 2.85. The standard InChI is InChI=1S/C7H9O2/c1-5-3-7(8)6(2)9-4-5/h4,6,8H,1-2H3. The largest absolute Gasteiger partial charge is 0.508 e. The molecular weight excluding hydrogens is 116 g/mol. The van der Waals surface area contributed by atoms with Crippen LogP contribution in [-0.4, -0.2) is 11.2 Å². The molecule has 0 aromatic heterocycles. The van der Waals surface area contributed by atoms with E-state index in [2.05, 4.69) is 6.08 Å². The molecule has 0 aliphatic carbocycles. The molecule has 1 heterocycles. The Labute approximate surface area is 54.5 Å². The highest BCUT2D eigenvalue weighted by atomic mass is 16.5. The van der Waals surface area contributed by atoms with E-state index in [0.717, 1.165) is 5.57 Å². The van der Waals surface area contributed by atoms with Crippen LogP contribution >= 0.6 is 0 Å². The summed E-state index contributed by atoms with van der Waals surface area (Å²) in [7, 11) is 0. The van der Waals surface area contributed by atoms with Gasteiger partial charge in [0.05, 0.1) is 6.26 Å². The number of aliphatic hydroxyl groups is 1. The van der Waals surface area contributed by atoms with Crippen molar-refractivity contribution in [3.63, 3.8) is 0 Å². The molecule has 1 aliphatic heterocycles. The topological polar surface area (TPSA) is 29.5 Å². The average Bonchev–Trinajstić information content (AvgIpc) is 1.80. The molecule has 0 aromatic carbocycles. The van der Waals surface area contributed by atoms with Gasteiger partial charge in [-0.25, -0.2) is 0 Å². The zero-order valence-electron chi connectivity index (χ0n) is 5.51. The van der Waals surface area contributed by atoms with E-state index in [1.54, 1.807) is 13.2 Å². The third kappa shape index (κ3) is 1.25. The van der Waals surface area contributed by atoms with Crippen LogP contribution in [-0.2, 0) is 4.74 Å². The van der Waals surface area contributed by atoms with Gasteiger partial charge in [-0.15, -0.1) is 0 Å². The van der Waals surface area contributed by atoms with E-state index in [0.29, 0.717) is 0 Å². The Hall–Kier alpha value is -0.920. The lowest BCUT2D eigenvalue weighted by molar-refractivity contribution is 0.134. The maximum Gasteiger partial charge on any atom is 0.152 e. The minimum absolute atomic E-state index is 0.176. The van der Waals surface area contributed by atoms with Crippen molar-refractivity contribution < 1.29 is 9.84 Å². The molecular formula is C7H9O2. The summed E-state index contributed by atoms with van der Waals surface area (Å²) in [5.41, 5.74) is 0.825. The molecule has 0 spiro atoms. The fraction of sp³-hybridized carbons (Fsp3) is 0.429. The lowest BCUT2D eigenvalue weighted by atomic mass is 10.2. The van der Waals surface area contributed by atoms with Crippen molar-refractivity contribution in [2.75, 3.05) is 0 Å². The smallest absolute Gasteiger partial charge is 0.152 e. The summed E-state index contributed by atoms with van der Waals surface area (Å²) < 4.78 is 4.99. The Kier molecular flexibility index (Phi) is 1.47. The summed E-state index contributed by atoms with van der Waals surface area (Å²) in [5.74, 6) is 0.176. The molecule has 9 heavy (non-hydrogen) atoms. The van der Waals surface area contributed by atoms with Crippen LogP contribution in [0.1, 0.15) is 13.8 Å². The molecule has 1 N–H and O–H groups in total. The average molecular weight is 125 g/mol. The van der Waals surface area contributed by atoms with Crippen LogP contribution in [0.3, 0.4) is 0 Å². The Bertz CT molecular complexity index is 168. The second-order valence-corrected chi connectivity index (χ2v) is 2.09. The summed E-state index contributed by atoms with van der Waals surface area (Å²) in [6.45, 7) is 3.59. The highest BCUT2D eigenvalue weighted by Crippen LogP contribution is 2.12. The summed E-state index contributed by atoms with van der Waals surface area (Å²) in [6, 6.07) is 0. The zero-order valence-corrected chi connectivity index (χ0v) is 5.51.